The summed E-state index contributed by atoms with van der Waals surface area (Å²) in [6.07, 6.45) is 3.17. The summed E-state index contributed by atoms with van der Waals surface area (Å²) < 4.78 is 5.68. The lowest BCUT2D eigenvalue weighted by atomic mass is 10.1. The lowest BCUT2D eigenvalue weighted by Gasteiger charge is -2.32. The maximum absolute atomic E-state index is 12.7. The molecular formula is C21H26N4O3. The molecule has 148 valence electrons. The molecule has 1 unspecified atom stereocenters. The molecule has 0 spiro atoms. The molecule has 0 radical (unpaired) electrons. The molecule has 1 aromatic carbocycles. The average molecular weight is 382 g/mol. The first kappa shape index (κ1) is 19.7. The fraction of sp³-hybridized carbons (Fsp3) is 0.381. The Balaban J connectivity index is 1.72. The Morgan fingerprint density at radius 3 is 2.64 bits per heavy atom. The number of fused-ring (bicyclic) bond motifs is 1. The van der Waals surface area contributed by atoms with Crippen LogP contribution in [0.25, 0.3) is 0 Å². The minimum atomic E-state index is -0.636. The van der Waals surface area contributed by atoms with Gasteiger partial charge < -0.3 is 15.8 Å². The Labute approximate surface area is 164 Å². The molecule has 0 fully saturated rings. The number of rotatable bonds is 7. The van der Waals surface area contributed by atoms with Gasteiger partial charge in [-0.1, -0.05) is 32.4 Å². The molecule has 2 aromatic rings. The molecule has 7 nitrogen and oxygen atoms in total. The van der Waals surface area contributed by atoms with Crippen LogP contribution in [0.2, 0.25) is 0 Å². The van der Waals surface area contributed by atoms with Gasteiger partial charge in [0.25, 0.3) is 5.91 Å². The number of benzene rings is 1. The highest BCUT2D eigenvalue weighted by molar-refractivity contribution is 6.05. The average Bonchev–Trinajstić information content (AvgIpc) is 2.69. The second-order valence-corrected chi connectivity index (χ2v) is 6.85. The van der Waals surface area contributed by atoms with E-state index in [0.29, 0.717) is 17.9 Å². The number of carbonyl (C=O) groups excluding carboxylic acids is 2. The van der Waals surface area contributed by atoms with Crippen LogP contribution in [0.15, 0.2) is 36.4 Å². The smallest absolute Gasteiger partial charge is 0.269 e. The standard InChI is InChI=1S/C21H26N4O3/c1-3-5-6-14-7-9-15(10-8-14)23-19(26)13-25-20-17(11-12-18(22)24-20)28-16(4-2)21(25)27/h7-12,16H,3-6,13H2,1-2H3,(H2,22,24)(H,23,26). The molecule has 2 heterocycles. The number of unbranched alkanes of at least 4 members (excludes halogenated alkanes) is 1. The first-order chi connectivity index (χ1) is 13.5. The lowest BCUT2D eigenvalue weighted by molar-refractivity contribution is -0.128. The van der Waals surface area contributed by atoms with Gasteiger partial charge in [0, 0.05) is 5.69 Å². The van der Waals surface area contributed by atoms with Crippen LogP contribution in [0.5, 0.6) is 5.75 Å². The van der Waals surface area contributed by atoms with Gasteiger partial charge in [-0.25, -0.2) is 4.98 Å². The molecular weight excluding hydrogens is 356 g/mol. The number of nitrogens with two attached hydrogens (primary N) is 1. The van der Waals surface area contributed by atoms with Gasteiger partial charge in [-0.15, -0.1) is 0 Å². The second-order valence-electron chi connectivity index (χ2n) is 6.85. The van der Waals surface area contributed by atoms with Crippen LogP contribution < -0.4 is 20.7 Å². The van der Waals surface area contributed by atoms with Gasteiger partial charge in [0.05, 0.1) is 0 Å². The van der Waals surface area contributed by atoms with Crippen molar-refractivity contribution in [2.24, 2.45) is 0 Å². The molecule has 1 aromatic heterocycles. The van der Waals surface area contributed by atoms with E-state index < -0.39 is 6.10 Å². The van der Waals surface area contributed by atoms with Crippen molar-refractivity contribution in [3.63, 3.8) is 0 Å². The number of nitrogens with one attached hydrogen (secondary N) is 1. The Kier molecular flexibility index (Phi) is 6.13. The van der Waals surface area contributed by atoms with Crippen molar-refractivity contribution in [2.45, 2.75) is 45.6 Å². The van der Waals surface area contributed by atoms with E-state index in [1.54, 1.807) is 12.1 Å². The maximum Gasteiger partial charge on any atom is 0.269 e. The van der Waals surface area contributed by atoms with Gasteiger partial charge >= 0.3 is 0 Å². The van der Waals surface area contributed by atoms with Gasteiger partial charge in [0.15, 0.2) is 17.7 Å². The normalized spacial score (nSPS) is 15.7. The Hall–Kier alpha value is -3.09. The quantitative estimate of drug-likeness (QED) is 0.767. The number of ether oxygens (including phenoxy) is 1. The number of carbonyl (C=O) groups is 2. The zero-order valence-electron chi connectivity index (χ0n) is 16.3. The summed E-state index contributed by atoms with van der Waals surface area (Å²) in [4.78, 5) is 30.8. The third kappa shape index (κ3) is 4.42. The number of amides is 2. The number of hydrogen-bond acceptors (Lipinski definition) is 5. The molecule has 3 rings (SSSR count). The van der Waals surface area contributed by atoms with E-state index in [-0.39, 0.29) is 30.0 Å². The van der Waals surface area contributed by atoms with Crippen molar-refractivity contribution in [3.05, 3.63) is 42.0 Å². The number of hydrogen-bond donors (Lipinski definition) is 2. The van der Waals surface area contributed by atoms with E-state index in [2.05, 4.69) is 17.2 Å². The highest BCUT2D eigenvalue weighted by atomic mass is 16.5. The van der Waals surface area contributed by atoms with E-state index in [9.17, 15) is 9.59 Å². The molecule has 2 amide bonds. The van der Waals surface area contributed by atoms with Gasteiger partial charge in [-0.2, -0.15) is 0 Å². The van der Waals surface area contributed by atoms with Crippen LogP contribution in [0.4, 0.5) is 17.3 Å². The SMILES string of the molecule is CCCCc1ccc(NC(=O)CN2C(=O)C(CC)Oc3ccc(N)nc32)cc1. The summed E-state index contributed by atoms with van der Waals surface area (Å²) in [5.41, 5.74) is 7.69. The number of nitrogen functional groups attached to an aromatic ring is 1. The lowest BCUT2D eigenvalue weighted by Crippen LogP contribution is -2.49. The summed E-state index contributed by atoms with van der Waals surface area (Å²) in [7, 11) is 0. The van der Waals surface area contributed by atoms with Crippen molar-refractivity contribution < 1.29 is 14.3 Å². The second kappa shape index (κ2) is 8.73. The van der Waals surface area contributed by atoms with Crippen LogP contribution in [-0.4, -0.2) is 29.4 Å². The predicted molar refractivity (Wildman–Crippen MR) is 109 cm³/mol. The fourth-order valence-corrected chi connectivity index (χ4v) is 3.11. The van der Waals surface area contributed by atoms with Crippen molar-refractivity contribution in [1.29, 1.82) is 0 Å². The van der Waals surface area contributed by atoms with Crippen LogP contribution in [-0.2, 0) is 16.0 Å². The molecule has 7 heteroatoms. The molecule has 3 N–H and O–H groups in total. The van der Waals surface area contributed by atoms with E-state index in [1.165, 1.54) is 10.5 Å². The minimum absolute atomic E-state index is 0.153. The number of anilines is 3. The van der Waals surface area contributed by atoms with Crippen LogP contribution >= 0.6 is 0 Å². The van der Waals surface area contributed by atoms with Crippen LogP contribution in [0.1, 0.15) is 38.7 Å². The minimum Gasteiger partial charge on any atom is -0.477 e. The number of pyridine rings is 1. The first-order valence-corrected chi connectivity index (χ1v) is 9.65. The van der Waals surface area contributed by atoms with Crippen molar-refractivity contribution in [2.75, 3.05) is 22.5 Å². The largest absolute Gasteiger partial charge is 0.477 e. The Morgan fingerprint density at radius 1 is 1.21 bits per heavy atom. The Morgan fingerprint density at radius 2 is 1.96 bits per heavy atom. The molecule has 0 aliphatic carbocycles. The van der Waals surface area contributed by atoms with E-state index in [0.717, 1.165) is 19.3 Å². The number of nitrogens with zero attached hydrogens (tertiary/aromatic N) is 2. The maximum atomic E-state index is 12.7. The summed E-state index contributed by atoms with van der Waals surface area (Å²) in [5.74, 6) is 0.395. The number of aryl methyl sites for hydroxylation is 1. The van der Waals surface area contributed by atoms with Crippen LogP contribution in [0, 0.1) is 0 Å². The highest BCUT2D eigenvalue weighted by Crippen LogP contribution is 2.33. The molecule has 0 bridgehead atoms. The zero-order chi connectivity index (χ0) is 20.1. The monoisotopic (exact) mass is 382 g/mol. The van der Waals surface area contributed by atoms with Gasteiger partial charge in [-0.05, 0) is 49.1 Å². The topological polar surface area (TPSA) is 97.5 Å². The van der Waals surface area contributed by atoms with Crippen LogP contribution in [0.3, 0.4) is 0 Å². The summed E-state index contributed by atoms with van der Waals surface area (Å²) >= 11 is 0. The number of aromatic nitrogens is 1. The molecule has 1 atom stereocenters. The first-order valence-electron chi connectivity index (χ1n) is 9.65. The third-order valence-electron chi connectivity index (χ3n) is 4.66. The summed E-state index contributed by atoms with van der Waals surface area (Å²) in [6.45, 7) is 3.86. The van der Waals surface area contributed by atoms with Gasteiger partial charge in [0.1, 0.15) is 12.4 Å². The van der Waals surface area contributed by atoms with Gasteiger partial charge in [-0.3, -0.25) is 14.5 Å². The molecule has 28 heavy (non-hydrogen) atoms. The molecule has 0 saturated carbocycles. The van der Waals surface area contributed by atoms with E-state index in [4.69, 9.17) is 10.5 Å². The predicted octanol–water partition coefficient (Wildman–Crippen LogP) is 3.15. The zero-order valence-corrected chi connectivity index (χ0v) is 16.3. The van der Waals surface area contributed by atoms with E-state index >= 15 is 0 Å². The van der Waals surface area contributed by atoms with Crippen molar-refractivity contribution in [3.8, 4) is 5.75 Å². The van der Waals surface area contributed by atoms with E-state index in [1.807, 2.05) is 31.2 Å². The summed E-state index contributed by atoms with van der Waals surface area (Å²) in [6, 6.07) is 11.1. The van der Waals surface area contributed by atoms with Gasteiger partial charge in [0.2, 0.25) is 5.91 Å². The highest BCUT2D eigenvalue weighted by Gasteiger charge is 2.35. The molecule has 0 saturated heterocycles. The van der Waals surface area contributed by atoms with Crippen molar-refractivity contribution in [1.82, 2.24) is 4.98 Å². The third-order valence-corrected chi connectivity index (χ3v) is 4.66. The molecule has 1 aliphatic heterocycles. The Bertz CT molecular complexity index is 851. The summed E-state index contributed by atoms with van der Waals surface area (Å²) in [5, 5.41) is 2.84. The molecule has 1 aliphatic rings. The fourth-order valence-electron chi connectivity index (χ4n) is 3.11. The van der Waals surface area contributed by atoms with Crippen molar-refractivity contribution >= 4 is 29.1 Å².